The molecule has 2 rings (SSSR count). The van der Waals surface area contributed by atoms with Gasteiger partial charge in [-0.1, -0.05) is 35.3 Å². The second-order valence-corrected chi connectivity index (χ2v) is 5.16. The summed E-state index contributed by atoms with van der Waals surface area (Å²) in [5.74, 6) is 1.20. The monoisotopic (exact) mass is 338 g/mol. The van der Waals surface area contributed by atoms with E-state index in [9.17, 15) is 0 Å². The van der Waals surface area contributed by atoms with Crippen molar-refractivity contribution in [1.29, 1.82) is 0 Å². The van der Waals surface area contributed by atoms with E-state index in [1.165, 1.54) is 0 Å². The summed E-state index contributed by atoms with van der Waals surface area (Å²) in [5, 5.41) is 5.13. The molecule has 0 fully saturated rings. The number of rotatable bonds is 6. The number of ether oxygens (including phenoxy) is 2. The van der Waals surface area contributed by atoms with Crippen LogP contribution in [-0.2, 0) is 6.61 Å². The SMILES string of the molecule is CN/N=C/c1cccc(OC)c1OCc1c(Cl)cccc1Cl. The zero-order valence-electron chi connectivity index (χ0n) is 12.3. The first kappa shape index (κ1) is 16.5. The number of hydrogen-bond donors (Lipinski definition) is 1. The molecule has 0 aliphatic rings. The minimum atomic E-state index is 0.235. The zero-order chi connectivity index (χ0) is 15.9. The highest BCUT2D eigenvalue weighted by atomic mass is 35.5. The lowest BCUT2D eigenvalue weighted by Gasteiger charge is -2.14. The van der Waals surface area contributed by atoms with Crippen LogP contribution in [0.5, 0.6) is 11.5 Å². The quantitative estimate of drug-likeness (QED) is 0.636. The molecule has 0 atom stereocenters. The molecule has 116 valence electrons. The lowest BCUT2D eigenvalue weighted by atomic mass is 10.2. The zero-order valence-corrected chi connectivity index (χ0v) is 13.8. The van der Waals surface area contributed by atoms with E-state index in [2.05, 4.69) is 10.5 Å². The Morgan fingerprint density at radius 3 is 2.45 bits per heavy atom. The van der Waals surface area contributed by atoms with E-state index in [1.807, 2.05) is 18.2 Å². The van der Waals surface area contributed by atoms with Crippen LogP contribution in [-0.4, -0.2) is 20.4 Å². The summed E-state index contributed by atoms with van der Waals surface area (Å²) >= 11 is 12.3. The van der Waals surface area contributed by atoms with Gasteiger partial charge in [0.05, 0.1) is 13.3 Å². The van der Waals surface area contributed by atoms with Gasteiger partial charge in [-0.2, -0.15) is 5.10 Å². The minimum Gasteiger partial charge on any atom is -0.493 e. The third-order valence-electron chi connectivity index (χ3n) is 2.98. The molecule has 2 aromatic carbocycles. The summed E-state index contributed by atoms with van der Waals surface area (Å²) in [6, 6.07) is 10.9. The summed E-state index contributed by atoms with van der Waals surface area (Å²) in [6.07, 6.45) is 1.66. The van der Waals surface area contributed by atoms with Gasteiger partial charge in [-0.3, -0.25) is 0 Å². The molecule has 0 amide bonds. The number of nitrogens with zero attached hydrogens (tertiary/aromatic N) is 1. The molecule has 22 heavy (non-hydrogen) atoms. The average molecular weight is 339 g/mol. The van der Waals surface area contributed by atoms with Gasteiger partial charge in [-0.25, -0.2) is 0 Å². The average Bonchev–Trinajstić information content (AvgIpc) is 2.52. The van der Waals surface area contributed by atoms with Gasteiger partial charge in [-0.05, 0) is 24.3 Å². The third kappa shape index (κ3) is 3.84. The molecule has 0 heterocycles. The van der Waals surface area contributed by atoms with Crippen molar-refractivity contribution in [3.63, 3.8) is 0 Å². The molecule has 0 aliphatic heterocycles. The standard InChI is InChI=1S/C16H16Cl2N2O2/c1-19-20-9-11-5-3-8-15(21-2)16(11)22-10-12-13(17)6-4-7-14(12)18/h3-9,19H,10H2,1-2H3/b20-9+. The van der Waals surface area contributed by atoms with Crippen LogP contribution in [0.1, 0.15) is 11.1 Å². The second kappa shape index (κ2) is 7.92. The molecule has 0 radical (unpaired) electrons. The maximum absolute atomic E-state index is 6.16. The van der Waals surface area contributed by atoms with Gasteiger partial charge in [-0.15, -0.1) is 0 Å². The van der Waals surface area contributed by atoms with E-state index < -0.39 is 0 Å². The summed E-state index contributed by atoms with van der Waals surface area (Å²) in [6.45, 7) is 0.235. The van der Waals surface area contributed by atoms with Crippen LogP contribution in [0.2, 0.25) is 10.0 Å². The summed E-state index contributed by atoms with van der Waals surface area (Å²) in [5.41, 5.74) is 4.22. The highest BCUT2D eigenvalue weighted by Gasteiger charge is 2.12. The molecule has 2 aromatic rings. The number of nitrogens with one attached hydrogen (secondary N) is 1. The molecule has 0 aliphatic carbocycles. The molecular weight excluding hydrogens is 323 g/mol. The largest absolute Gasteiger partial charge is 0.493 e. The van der Waals surface area contributed by atoms with Crippen molar-refractivity contribution in [2.24, 2.45) is 5.10 Å². The number of hydrazone groups is 1. The van der Waals surface area contributed by atoms with E-state index in [-0.39, 0.29) is 6.61 Å². The topological polar surface area (TPSA) is 42.9 Å². The molecule has 0 saturated heterocycles. The lowest BCUT2D eigenvalue weighted by molar-refractivity contribution is 0.284. The Bertz CT molecular complexity index is 655. The Labute approximate surface area is 139 Å². The van der Waals surface area contributed by atoms with Gasteiger partial charge >= 0.3 is 0 Å². The Morgan fingerprint density at radius 1 is 1.14 bits per heavy atom. The van der Waals surface area contributed by atoms with Crippen molar-refractivity contribution in [1.82, 2.24) is 5.43 Å². The van der Waals surface area contributed by atoms with E-state index in [0.717, 1.165) is 11.1 Å². The smallest absolute Gasteiger partial charge is 0.170 e. The number of halogens is 2. The molecule has 0 bridgehead atoms. The van der Waals surface area contributed by atoms with Crippen LogP contribution in [0.15, 0.2) is 41.5 Å². The molecule has 0 saturated carbocycles. The van der Waals surface area contributed by atoms with Crippen LogP contribution >= 0.6 is 23.2 Å². The Hall–Kier alpha value is -1.91. The predicted molar refractivity (Wildman–Crippen MR) is 90.4 cm³/mol. The van der Waals surface area contributed by atoms with Crippen molar-refractivity contribution in [2.75, 3.05) is 14.2 Å². The molecule has 0 spiro atoms. The molecule has 4 nitrogen and oxygen atoms in total. The van der Waals surface area contributed by atoms with Gasteiger partial charge < -0.3 is 14.9 Å². The summed E-state index contributed by atoms with van der Waals surface area (Å²) in [4.78, 5) is 0. The van der Waals surface area contributed by atoms with E-state index in [0.29, 0.717) is 21.5 Å². The maximum atomic E-state index is 6.16. The van der Waals surface area contributed by atoms with Crippen molar-refractivity contribution >= 4 is 29.4 Å². The van der Waals surface area contributed by atoms with Crippen LogP contribution in [0.25, 0.3) is 0 Å². The number of para-hydroxylation sites is 1. The Morgan fingerprint density at radius 2 is 1.82 bits per heavy atom. The van der Waals surface area contributed by atoms with Crippen molar-refractivity contribution in [2.45, 2.75) is 6.61 Å². The molecule has 0 unspecified atom stereocenters. The van der Waals surface area contributed by atoms with Crippen molar-refractivity contribution in [3.05, 3.63) is 57.6 Å². The van der Waals surface area contributed by atoms with E-state index in [1.54, 1.807) is 38.6 Å². The van der Waals surface area contributed by atoms with E-state index >= 15 is 0 Å². The van der Waals surface area contributed by atoms with Crippen LogP contribution in [0.3, 0.4) is 0 Å². The highest BCUT2D eigenvalue weighted by molar-refractivity contribution is 6.35. The fourth-order valence-corrected chi connectivity index (χ4v) is 2.40. The first-order chi connectivity index (χ1) is 10.7. The number of hydrogen-bond acceptors (Lipinski definition) is 4. The van der Waals surface area contributed by atoms with Gasteiger partial charge in [0.15, 0.2) is 11.5 Å². The maximum Gasteiger partial charge on any atom is 0.170 e. The summed E-state index contributed by atoms with van der Waals surface area (Å²) < 4.78 is 11.2. The van der Waals surface area contributed by atoms with Crippen LogP contribution < -0.4 is 14.9 Å². The number of methoxy groups -OCH3 is 1. The first-order valence-corrected chi connectivity index (χ1v) is 7.35. The van der Waals surface area contributed by atoms with Gasteiger partial charge in [0, 0.05) is 28.2 Å². The van der Waals surface area contributed by atoms with Gasteiger partial charge in [0.25, 0.3) is 0 Å². The second-order valence-electron chi connectivity index (χ2n) is 4.35. The van der Waals surface area contributed by atoms with E-state index in [4.69, 9.17) is 32.7 Å². The predicted octanol–water partition coefficient (Wildman–Crippen LogP) is 4.13. The van der Waals surface area contributed by atoms with Gasteiger partial charge in [0.2, 0.25) is 0 Å². The number of benzene rings is 2. The Balaban J connectivity index is 2.30. The molecular formula is C16H16Cl2N2O2. The normalized spacial score (nSPS) is 10.7. The fourth-order valence-electron chi connectivity index (χ4n) is 1.90. The minimum absolute atomic E-state index is 0.235. The highest BCUT2D eigenvalue weighted by Crippen LogP contribution is 2.32. The summed E-state index contributed by atoms with van der Waals surface area (Å²) in [7, 11) is 3.31. The molecule has 6 heteroatoms. The third-order valence-corrected chi connectivity index (χ3v) is 3.69. The lowest BCUT2D eigenvalue weighted by Crippen LogP contribution is -2.03. The van der Waals surface area contributed by atoms with Gasteiger partial charge in [0.1, 0.15) is 6.61 Å². The Kier molecular flexibility index (Phi) is 5.92. The van der Waals surface area contributed by atoms with Crippen LogP contribution in [0, 0.1) is 0 Å². The first-order valence-electron chi connectivity index (χ1n) is 6.60. The molecule has 0 aromatic heterocycles. The van der Waals surface area contributed by atoms with Crippen LogP contribution in [0.4, 0.5) is 0 Å². The van der Waals surface area contributed by atoms with Crippen molar-refractivity contribution in [3.8, 4) is 11.5 Å². The fraction of sp³-hybridized carbons (Fsp3) is 0.188. The molecule has 1 N–H and O–H groups in total. The van der Waals surface area contributed by atoms with Crippen molar-refractivity contribution < 1.29 is 9.47 Å².